The van der Waals surface area contributed by atoms with Crippen molar-refractivity contribution in [2.24, 2.45) is 0 Å². The van der Waals surface area contributed by atoms with Crippen LogP contribution in [0.1, 0.15) is 32.7 Å². The lowest BCUT2D eigenvalue weighted by Crippen LogP contribution is -2.52. The van der Waals surface area contributed by atoms with Gasteiger partial charge in [0.25, 0.3) is 0 Å². The van der Waals surface area contributed by atoms with Crippen molar-refractivity contribution in [2.45, 2.75) is 43.9 Å². The van der Waals surface area contributed by atoms with Gasteiger partial charge in [-0.2, -0.15) is 0 Å². The summed E-state index contributed by atoms with van der Waals surface area (Å²) < 4.78 is 2.21. The van der Waals surface area contributed by atoms with E-state index in [2.05, 4.69) is 42.1 Å². The third kappa shape index (κ3) is 4.97. The SMILES string of the molecule is CC(C)NC(=O)CN1CCN(C(=O)CSc2nnc(-c3c[nH]c4ccccc34)n2C2CC2)CC1. The second-order valence-electron chi connectivity index (χ2n) is 9.32. The van der Waals surface area contributed by atoms with Crippen molar-refractivity contribution >= 4 is 34.5 Å². The molecule has 0 spiro atoms. The number of benzene rings is 1. The zero-order valence-electron chi connectivity index (χ0n) is 19.7. The van der Waals surface area contributed by atoms with Gasteiger partial charge in [0.05, 0.1) is 12.3 Å². The molecule has 3 heterocycles. The van der Waals surface area contributed by atoms with Crippen LogP contribution < -0.4 is 5.32 Å². The van der Waals surface area contributed by atoms with Crippen LogP contribution in [0.2, 0.25) is 0 Å². The number of carbonyl (C=O) groups excluding carboxylic acids is 2. The first kappa shape index (κ1) is 22.9. The average molecular weight is 482 g/mol. The van der Waals surface area contributed by atoms with Gasteiger partial charge in [-0.1, -0.05) is 30.0 Å². The molecular weight excluding hydrogens is 450 g/mol. The number of hydrogen-bond donors (Lipinski definition) is 2. The summed E-state index contributed by atoms with van der Waals surface area (Å²) in [4.78, 5) is 32.2. The summed E-state index contributed by atoms with van der Waals surface area (Å²) in [7, 11) is 0. The highest BCUT2D eigenvalue weighted by molar-refractivity contribution is 7.99. The van der Waals surface area contributed by atoms with Gasteiger partial charge in [-0.05, 0) is 32.8 Å². The van der Waals surface area contributed by atoms with Crippen molar-refractivity contribution in [3.63, 3.8) is 0 Å². The second-order valence-corrected chi connectivity index (χ2v) is 10.3. The van der Waals surface area contributed by atoms with E-state index in [1.165, 1.54) is 11.8 Å². The van der Waals surface area contributed by atoms with E-state index in [1.807, 2.05) is 37.1 Å². The molecule has 2 fully saturated rings. The van der Waals surface area contributed by atoms with E-state index in [0.29, 0.717) is 44.5 Å². The number of thioether (sulfide) groups is 1. The largest absolute Gasteiger partial charge is 0.360 e. The number of nitrogens with one attached hydrogen (secondary N) is 2. The highest BCUT2D eigenvalue weighted by Crippen LogP contribution is 2.42. The number of aromatic amines is 1. The fourth-order valence-corrected chi connectivity index (χ4v) is 5.33. The van der Waals surface area contributed by atoms with Crippen LogP contribution in [0.3, 0.4) is 0 Å². The molecule has 0 radical (unpaired) electrons. The molecule has 2 aromatic heterocycles. The van der Waals surface area contributed by atoms with Gasteiger partial charge in [0.1, 0.15) is 0 Å². The molecule has 1 saturated carbocycles. The molecule has 180 valence electrons. The Morgan fingerprint density at radius 3 is 2.65 bits per heavy atom. The van der Waals surface area contributed by atoms with Crippen molar-refractivity contribution in [3.8, 4) is 11.4 Å². The fraction of sp³-hybridized carbons (Fsp3) is 0.500. The Hall–Kier alpha value is -2.85. The molecule has 0 unspecified atom stereocenters. The van der Waals surface area contributed by atoms with E-state index < -0.39 is 0 Å². The predicted molar refractivity (Wildman–Crippen MR) is 133 cm³/mol. The van der Waals surface area contributed by atoms with Crippen LogP contribution in [0.5, 0.6) is 0 Å². The average Bonchev–Trinajstić information content (AvgIpc) is 3.43. The van der Waals surface area contributed by atoms with Crippen molar-refractivity contribution in [1.29, 1.82) is 0 Å². The molecule has 1 aliphatic heterocycles. The van der Waals surface area contributed by atoms with Crippen molar-refractivity contribution in [3.05, 3.63) is 30.5 Å². The Balaban J connectivity index is 1.20. The van der Waals surface area contributed by atoms with E-state index in [-0.39, 0.29) is 17.9 Å². The molecule has 5 rings (SSSR count). The van der Waals surface area contributed by atoms with Crippen LogP contribution >= 0.6 is 11.8 Å². The van der Waals surface area contributed by atoms with E-state index in [9.17, 15) is 9.59 Å². The lowest BCUT2D eigenvalue weighted by Gasteiger charge is -2.34. The monoisotopic (exact) mass is 481 g/mol. The molecule has 1 aromatic carbocycles. The molecule has 3 aromatic rings. The third-order valence-electron chi connectivity index (χ3n) is 6.27. The van der Waals surface area contributed by atoms with Crippen LogP contribution in [0.4, 0.5) is 0 Å². The highest BCUT2D eigenvalue weighted by Gasteiger charge is 2.31. The van der Waals surface area contributed by atoms with Crippen molar-refractivity contribution in [2.75, 3.05) is 38.5 Å². The van der Waals surface area contributed by atoms with Gasteiger partial charge in [-0.3, -0.25) is 19.1 Å². The zero-order valence-corrected chi connectivity index (χ0v) is 20.5. The molecule has 0 bridgehead atoms. The number of aromatic nitrogens is 4. The molecule has 2 aliphatic rings. The van der Waals surface area contributed by atoms with Gasteiger partial charge in [0.2, 0.25) is 11.8 Å². The third-order valence-corrected chi connectivity index (χ3v) is 7.20. The van der Waals surface area contributed by atoms with Crippen LogP contribution in [0.15, 0.2) is 35.6 Å². The van der Waals surface area contributed by atoms with Gasteiger partial charge in [0, 0.05) is 60.9 Å². The van der Waals surface area contributed by atoms with Crippen molar-refractivity contribution in [1.82, 2.24) is 34.9 Å². The van der Waals surface area contributed by atoms with Crippen LogP contribution in [0, 0.1) is 0 Å². The summed E-state index contributed by atoms with van der Waals surface area (Å²) >= 11 is 1.47. The van der Waals surface area contributed by atoms with Gasteiger partial charge in [0.15, 0.2) is 11.0 Å². The number of carbonyl (C=O) groups is 2. The molecule has 1 aliphatic carbocycles. The zero-order chi connectivity index (χ0) is 23.7. The second kappa shape index (κ2) is 9.79. The minimum absolute atomic E-state index is 0.0377. The molecule has 9 nitrogen and oxygen atoms in total. The first-order valence-electron chi connectivity index (χ1n) is 11.9. The molecule has 0 atom stereocenters. The summed E-state index contributed by atoms with van der Waals surface area (Å²) in [6, 6.07) is 8.74. The molecule has 34 heavy (non-hydrogen) atoms. The summed E-state index contributed by atoms with van der Waals surface area (Å²) in [6.45, 7) is 7.01. The molecule has 2 amide bonds. The van der Waals surface area contributed by atoms with E-state index in [4.69, 9.17) is 0 Å². The summed E-state index contributed by atoms with van der Waals surface area (Å²) in [6.07, 6.45) is 4.22. The molecular formula is C24H31N7O2S. The maximum Gasteiger partial charge on any atom is 0.234 e. The van der Waals surface area contributed by atoms with Crippen LogP contribution in [0.25, 0.3) is 22.3 Å². The molecule has 2 N–H and O–H groups in total. The maximum absolute atomic E-state index is 12.9. The van der Waals surface area contributed by atoms with Crippen LogP contribution in [-0.2, 0) is 9.59 Å². The summed E-state index contributed by atoms with van der Waals surface area (Å²) in [5, 5.41) is 13.8. The first-order chi connectivity index (χ1) is 16.5. The van der Waals surface area contributed by atoms with E-state index >= 15 is 0 Å². The quantitative estimate of drug-likeness (QED) is 0.480. The minimum Gasteiger partial charge on any atom is -0.360 e. The number of rotatable bonds is 8. The number of fused-ring (bicyclic) bond motifs is 1. The lowest BCUT2D eigenvalue weighted by molar-refractivity contribution is -0.130. The van der Waals surface area contributed by atoms with Gasteiger partial charge in [-0.15, -0.1) is 10.2 Å². The topological polar surface area (TPSA) is 99.2 Å². The number of hydrogen-bond acceptors (Lipinski definition) is 6. The number of amides is 2. The van der Waals surface area contributed by atoms with Gasteiger partial charge >= 0.3 is 0 Å². The lowest BCUT2D eigenvalue weighted by atomic mass is 10.1. The summed E-state index contributed by atoms with van der Waals surface area (Å²) in [5.74, 6) is 1.35. The number of nitrogens with zero attached hydrogens (tertiary/aromatic N) is 5. The Kier molecular flexibility index (Phi) is 6.60. The maximum atomic E-state index is 12.9. The Morgan fingerprint density at radius 2 is 1.91 bits per heavy atom. The number of piperazine rings is 1. The summed E-state index contributed by atoms with van der Waals surface area (Å²) in [5.41, 5.74) is 2.12. The van der Waals surface area contributed by atoms with Crippen molar-refractivity contribution < 1.29 is 9.59 Å². The highest BCUT2D eigenvalue weighted by atomic mass is 32.2. The molecule has 1 saturated heterocycles. The van der Waals surface area contributed by atoms with Gasteiger partial charge in [-0.25, -0.2) is 0 Å². The predicted octanol–water partition coefficient (Wildman–Crippen LogP) is 2.52. The standard InChI is InChI=1S/C24H31N7O2S/c1-16(2)26-21(32)14-29-9-11-30(12-10-29)22(33)15-34-24-28-27-23(31(24)17-7-8-17)19-13-25-20-6-4-3-5-18(19)20/h3-6,13,16-17,25H,7-12,14-15H2,1-2H3,(H,26,32). The van der Waals surface area contributed by atoms with E-state index in [0.717, 1.165) is 40.3 Å². The number of H-pyrrole nitrogens is 1. The van der Waals surface area contributed by atoms with Crippen LogP contribution in [-0.4, -0.2) is 85.9 Å². The Morgan fingerprint density at radius 1 is 1.15 bits per heavy atom. The normalized spacial score (nSPS) is 17.0. The smallest absolute Gasteiger partial charge is 0.234 e. The Labute approximate surface area is 203 Å². The number of para-hydroxylation sites is 1. The first-order valence-corrected chi connectivity index (χ1v) is 12.9. The van der Waals surface area contributed by atoms with E-state index in [1.54, 1.807) is 0 Å². The minimum atomic E-state index is 0.0377. The fourth-order valence-electron chi connectivity index (χ4n) is 4.42. The Bertz CT molecular complexity index is 1180. The van der Waals surface area contributed by atoms with Gasteiger partial charge < -0.3 is 15.2 Å². The molecule has 10 heteroatoms.